The number of nitrogens with zero attached hydrogens (tertiary/aromatic N) is 5. The van der Waals surface area contributed by atoms with Crippen LogP contribution in [0.4, 0.5) is 30.8 Å². The number of aromatic nitrogens is 4. The molecule has 4 aromatic rings. The number of alkyl halides is 3. The largest absolute Gasteiger partial charge is 0.481 e. The Morgan fingerprint density at radius 1 is 1.14 bits per heavy atom. The normalized spacial score (nSPS) is 15.8. The second-order valence-electron chi connectivity index (χ2n) is 8.54. The third-order valence-electron chi connectivity index (χ3n) is 6.13. The van der Waals surface area contributed by atoms with Gasteiger partial charge in [-0.1, -0.05) is 12.1 Å². The summed E-state index contributed by atoms with van der Waals surface area (Å²) in [7, 11) is 0. The predicted octanol–water partition coefficient (Wildman–Crippen LogP) is 3.56. The van der Waals surface area contributed by atoms with E-state index in [9.17, 15) is 27.9 Å². The number of nitrogens with one attached hydrogen (secondary N) is 1. The van der Waals surface area contributed by atoms with Crippen LogP contribution in [0, 0.1) is 5.92 Å². The van der Waals surface area contributed by atoms with Gasteiger partial charge in [-0.2, -0.15) is 13.2 Å². The van der Waals surface area contributed by atoms with Crippen LogP contribution in [-0.4, -0.2) is 49.4 Å². The highest BCUT2D eigenvalue weighted by atomic mass is 19.4. The van der Waals surface area contributed by atoms with Gasteiger partial charge in [0.15, 0.2) is 0 Å². The minimum absolute atomic E-state index is 0.202. The zero-order chi connectivity index (χ0) is 26.3. The van der Waals surface area contributed by atoms with Gasteiger partial charge in [0.25, 0.3) is 5.91 Å². The molecule has 1 aromatic carbocycles. The van der Waals surface area contributed by atoms with E-state index in [1.54, 1.807) is 22.7 Å². The summed E-state index contributed by atoms with van der Waals surface area (Å²) >= 11 is 0. The fourth-order valence-electron chi connectivity index (χ4n) is 4.25. The number of carbonyl (C=O) groups is 2. The molecule has 4 heterocycles. The molecule has 0 bridgehead atoms. The molecule has 0 radical (unpaired) electrons. The Hall–Kier alpha value is -4.68. The molecule has 10 nitrogen and oxygen atoms in total. The van der Waals surface area contributed by atoms with Crippen LogP contribution in [0.1, 0.15) is 22.3 Å². The van der Waals surface area contributed by atoms with Crippen molar-refractivity contribution in [2.75, 3.05) is 29.0 Å². The maximum Gasteiger partial charge on any atom is 0.416 e. The third-order valence-corrected chi connectivity index (χ3v) is 6.13. The third kappa shape index (κ3) is 4.62. The molecule has 1 amide bonds. The van der Waals surface area contributed by atoms with Gasteiger partial charge >= 0.3 is 12.1 Å². The zero-order valence-electron chi connectivity index (χ0n) is 19.1. The molecule has 3 aromatic heterocycles. The van der Waals surface area contributed by atoms with Crippen molar-refractivity contribution in [2.45, 2.75) is 12.6 Å². The number of fused-ring (bicyclic) bond motifs is 1. The number of imidazole rings is 1. The number of aliphatic carboxylic acids is 1. The minimum atomic E-state index is -4.56. The zero-order valence-corrected chi connectivity index (χ0v) is 19.1. The molecule has 1 atom stereocenters. The van der Waals surface area contributed by atoms with Crippen molar-refractivity contribution >= 4 is 35.0 Å². The van der Waals surface area contributed by atoms with E-state index in [1.807, 2.05) is 4.90 Å². The summed E-state index contributed by atoms with van der Waals surface area (Å²) in [5, 5.41) is 11.7. The molecule has 190 valence electrons. The molecular formula is C24H20F3N7O3. The minimum Gasteiger partial charge on any atom is -0.481 e. The van der Waals surface area contributed by atoms with Crippen LogP contribution in [0.5, 0.6) is 0 Å². The number of hydrogen-bond acceptors (Lipinski definition) is 7. The number of carboxylic acids is 1. The van der Waals surface area contributed by atoms with Crippen molar-refractivity contribution in [1.29, 1.82) is 0 Å². The average Bonchev–Trinajstić information content (AvgIpc) is 3.50. The van der Waals surface area contributed by atoms with Crippen molar-refractivity contribution in [3.05, 3.63) is 66.1 Å². The highest BCUT2D eigenvalue weighted by molar-refractivity contribution is 6.04. The Morgan fingerprint density at radius 2 is 1.89 bits per heavy atom. The van der Waals surface area contributed by atoms with Crippen LogP contribution in [0.25, 0.3) is 16.8 Å². The highest BCUT2D eigenvalue weighted by Gasteiger charge is 2.32. The second kappa shape index (κ2) is 9.08. The van der Waals surface area contributed by atoms with E-state index >= 15 is 0 Å². The van der Waals surface area contributed by atoms with Gasteiger partial charge in [0.1, 0.15) is 11.6 Å². The number of benzene rings is 1. The van der Waals surface area contributed by atoms with Gasteiger partial charge in [-0.05, 0) is 30.7 Å². The number of anilines is 3. The standard InChI is InChI=1S/C24H20F3N7O3/c25-24(26,27)16-5-7-30-19(9-16)31-21(35)14-3-1-13(2-4-14)20-17-10-29-11-18(28)34(17)23(32-20)33-8-6-15(12-33)22(36)37/h1-5,7,9-11,15H,6,8,12,28H2,(H,36,37)(H,30,31,35)/t15-/m1/s1. The van der Waals surface area contributed by atoms with E-state index in [0.717, 1.165) is 18.3 Å². The summed E-state index contributed by atoms with van der Waals surface area (Å²) < 4.78 is 40.5. The van der Waals surface area contributed by atoms with E-state index in [0.29, 0.717) is 48.1 Å². The van der Waals surface area contributed by atoms with E-state index in [4.69, 9.17) is 10.7 Å². The monoisotopic (exact) mass is 511 g/mol. The predicted molar refractivity (Wildman–Crippen MR) is 128 cm³/mol. The van der Waals surface area contributed by atoms with Crippen LogP contribution >= 0.6 is 0 Å². The van der Waals surface area contributed by atoms with Crippen molar-refractivity contribution < 1.29 is 27.9 Å². The maximum absolute atomic E-state index is 12.9. The lowest BCUT2D eigenvalue weighted by Crippen LogP contribution is -2.24. The van der Waals surface area contributed by atoms with E-state index in [2.05, 4.69) is 15.3 Å². The molecule has 13 heteroatoms. The number of hydrogen-bond donors (Lipinski definition) is 3. The molecule has 1 saturated heterocycles. The average molecular weight is 511 g/mol. The summed E-state index contributed by atoms with van der Waals surface area (Å²) in [4.78, 5) is 38.5. The number of pyridine rings is 1. The first-order valence-corrected chi connectivity index (χ1v) is 11.2. The van der Waals surface area contributed by atoms with Crippen LogP contribution in [0.3, 0.4) is 0 Å². The molecule has 4 N–H and O–H groups in total. The summed E-state index contributed by atoms with van der Waals surface area (Å²) in [5.41, 5.74) is 7.22. The van der Waals surface area contributed by atoms with Crippen LogP contribution in [0.15, 0.2) is 55.0 Å². The Balaban J connectivity index is 1.42. The first-order chi connectivity index (χ1) is 17.6. The van der Waals surface area contributed by atoms with Crippen molar-refractivity contribution in [3.63, 3.8) is 0 Å². The lowest BCUT2D eigenvalue weighted by atomic mass is 10.1. The number of amides is 1. The van der Waals surface area contributed by atoms with E-state index in [1.165, 1.54) is 18.3 Å². The fourth-order valence-corrected chi connectivity index (χ4v) is 4.25. The molecule has 1 fully saturated rings. The summed E-state index contributed by atoms with van der Waals surface area (Å²) in [6.45, 7) is 0.790. The number of carboxylic acid groups (broad SMARTS) is 1. The maximum atomic E-state index is 12.9. The van der Waals surface area contributed by atoms with Gasteiger partial charge in [-0.3, -0.25) is 19.0 Å². The van der Waals surface area contributed by atoms with Crippen LogP contribution in [-0.2, 0) is 11.0 Å². The van der Waals surface area contributed by atoms with Crippen molar-refractivity contribution in [2.24, 2.45) is 5.92 Å². The van der Waals surface area contributed by atoms with Gasteiger partial charge < -0.3 is 21.1 Å². The van der Waals surface area contributed by atoms with Gasteiger partial charge in [-0.25, -0.2) is 9.97 Å². The van der Waals surface area contributed by atoms with Gasteiger partial charge in [0.05, 0.1) is 35.1 Å². The lowest BCUT2D eigenvalue weighted by Gasteiger charge is -2.16. The number of nitrogens with two attached hydrogens (primary N) is 1. The molecule has 1 aliphatic rings. The molecule has 1 aliphatic heterocycles. The number of nitrogen functional groups attached to an aromatic ring is 1. The fraction of sp³-hybridized carbons (Fsp3) is 0.208. The Labute approximate surface area is 207 Å². The highest BCUT2D eigenvalue weighted by Crippen LogP contribution is 2.33. The molecule has 0 saturated carbocycles. The number of carbonyl (C=O) groups excluding carboxylic acids is 1. The van der Waals surface area contributed by atoms with Crippen molar-refractivity contribution in [1.82, 2.24) is 19.4 Å². The summed E-state index contributed by atoms with van der Waals surface area (Å²) in [5.74, 6) is -1.41. The second-order valence-corrected chi connectivity index (χ2v) is 8.54. The summed E-state index contributed by atoms with van der Waals surface area (Å²) in [6, 6.07) is 7.90. The van der Waals surface area contributed by atoms with Crippen molar-refractivity contribution in [3.8, 4) is 11.3 Å². The van der Waals surface area contributed by atoms with Crippen LogP contribution in [0.2, 0.25) is 0 Å². The number of rotatable bonds is 5. The van der Waals surface area contributed by atoms with Gasteiger partial charge in [0.2, 0.25) is 5.95 Å². The Bertz CT molecular complexity index is 1500. The number of halogens is 3. The van der Waals surface area contributed by atoms with Gasteiger partial charge in [-0.15, -0.1) is 0 Å². The molecule has 37 heavy (non-hydrogen) atoms. The molecule has 5 rings (SSSR count). The molecular weight excluding hydrogens is 491 g/mol. The first-order valence-electron chi connectivity index (χ1n) is 11.2. The van der Waals surface area contributed by atoms with Gasteiger partial charge in [0, 0.05) is 30.4 Å². The quantitative estimate of drug-likeness (QED) is 0.370. The van der Waals surface area contributed by atoms with E-state index in [-0.39, 0.29) is 11.4 Å². The summed E-state index contributed by atoms with van der Waals surface area (Å²) in [6.07, 6.45) is -0.0379. The first kappa shape index (κ1) is 24.0. The molecule has 0 unspecified atom stereocenters. The topological polar surface area (TPSA) is 139 Å². The molecule has 0 aliphatic carbocycles. The molecule has 0 spiro atoms. The van der Waals surface area contributed by atoms with E-state index < -0.39 is 29.5 Å². The SMILES string of the molecule is Nc1cncc2c(-c3ccc(C(=O)Nc4cc(C(F)(F)F)ccn4)cc3)nc(N3CC[C@@H](C(=O)O)C3)n12. The Morgan fingerprint density at radius 3 is 2.57 bits per heavy atom. The Kier molecular flexibility index (Phi) is 5.90. The lowest BCUT2D eigenvalue weighted by molar-refractivity contribution is -0.141. The smallest absolute Gasteiger partial charge is 0.416 e. The van der Waals surface area contributed by atoms with Crippen LogP contribution < -0.4 is 16.0 Å².